The molecule has 0 saturated carbocycles. The molecule has 2 aromatic rings. The standard InChI is InChI=1S/C15H11Cl2NS/c16-14-5-4-13(7-15(14)17)10-19-9-12-3-1-2-11(6-12)8-18/h1-7H,9-10H2. The highest BCUT2D eigenvalue weighted by Gasteiger charge is 2.01. The summed E-state index contributed by atoms with van der Waals surface area (Å²) in [5, 5.41) is 10.0. The van der Waals surface area contributed by atoms with Crippen molar-refractivity contribution in [2.75, 3.05) is 0 Å². The van der Waals surface area contributed by atoms with Crippen molar-refractivity contribution in [3.63, 3.8) is 0 Å². The van der Waals surface area contributed by atoms with Crippen LogP contribution < -0.4 is 0 Å². The molecule has 0 heterocycles. The summed E-state index contributed by atoms with van der Waals surface area (Å²) in [6.07, 6.45) is 0. The number of thioether (sulfide) groups is 1. The van der Waals surface area contributed by atoms with E-state index in [1.165, 1.54) is 0 Å². The van der Waals surface area contributed by atoms with Crippen LogP contribution in [0.2, 0.25) is 10.0 Å². The Labute approximate surface area is 127 Å². The molecule has 96 valence electrons. The Morgan fingerprint density at radius 2 is 1.68 bits per heavy atom. The monoisotopic (exact) mass is 307 g/mol. The average molecular weight is 308 g/mol. The van der Waals surface area contributed by atoms with Crippen LogP contribution in [0.25, 0.3) is 0 Å². The van der Waals surface area contributed by atoms with Crippen LogP contribution in [0.5, 0.6) is 0 Å². The van der Waals surface area contributed by atoms with Gasteiger partial charge in [-0.3, -0.25) is 0 Å². The largest absolute Gasteiger partial charge is 0.192 e. The van der Waals surface area contributed by atoms with Crippen LogP contribution in [-0.4, -0.2) is 0 Å². The van der Waals surface area contributed by atoms with E-state index in [9.17, 15) is 0 Å². The summed E-state index contributed by atoms with van der Waals surface area (Å²) in [6.45, 7) is 0. The smallest absolute Gasteiger partial charge is 0.0991 e. The molecule has 0 bridgehead atoms. The van der Waals surface area contributed by atoms with Crippen LogP contribution >= 0.6 is 35.0 Å². The van der Waals surface area contributed by atoms with Crippen LogP contribution in [-0.2, 0) is 11.5 Å². The molecule has 0 radical (unpaired) electrons. The van der Waals surface area contributed by atoms with Crippen molar-refractivity contribution in [3.05, 3.63) is 69.2 Å². The van der Waals surface area contributed by atoms with Crippen molar-refractivity contribution in [1.82, 2.24) is 0 Å². The number of hydrogen-bond donors (Lipinski definition) is 0. The van der Waals surface area contributed by atoms with Crippen molar-refractivity contribution in [2.24, 2.45) is 0 Å². The van der Waals surface area contributed by atoms with Gasteiger partial charge in [-0.2, -0.15) is 17.0 Å². The molecule has 0 aliphatic heterocycles. The van der Waals surface area contributed by atoms with Gasteiger partial charge in [0.15, 0.2) is 0 Å². The Morgan fingerprint density at radius 3 is 2.37 bits per heavy atom. The Kier molecular flexibility index (Phi) is 5.15. The molecule has 0 amide bonds. The summed E-state index contributed by atoms with van der Waals surface area (Å²) in [5.41, 5.74) is 3.01. The topological polar surface area (TPSA) is 23.8 Å². The van der Waals surface area contributed by atoms with E-state index in [1.54, 1.807) is 11.8 Å². The van der Waals surface area contributed by atoms with E-state index >= 15 is 0 Å². The van der Waals surface area contributed by atoms with Gasteiger partial charge in [0, 0.05) is 11.5 Å². The molecule has 0 spiro atoms. The van der Waals surface area contributed by atoms with E-state index in [1.807, 2.05) is 42.5 Å². The van der Waals surface area contributed by atoms with E-state index in [2.05, 4.69) is 6.07 Å². The summed E-state index contributed by atoms with van der Waals surface area (Å²) in [6, 6.07) is 15.5. The number of benzene rings is 2. The number of rotatable bonds is 4. The van der Waals surface area contributed by atoms with E-state index < -0.39 is 0 Å². The summed E-state index contributed by atoms with van der Waals surface area (Å²) in [7, 11) is 0. The fourth-order valence-electron chi connectivity index (χ4n) is 1.65. The average Bonchev–Trinajstić information content (AvgIpc) is 2.43. The third kappa shape index (κ3) is 4.18. The molecule has 0 N–H and O–H groups in total. The number of hydrogen-bond acceptors (Lipinski definition) is 2. The second kappa shape index (κ2) is 6.86. The Balaban J connectivity index is 1.92. The number of nitriles is 1. The molecule has 0 aliphatic carbocycles. The van der Waals surface area contributed by atoms with Crippen molar-refractivity contribution in [2.45, 2.75) is 11.5 Å². The van der Waals surface area contributed by atoms with Crippen LogP contribution in [0.3, 0.4) is 0 Å². The Hall–Kier alpha value is -1.14. The maximum Gasteiger partial charge on any atom is 0.0991 e. The number of halogens is 2. The fraction of sp³-hybridized carbons (Fsp3) is 0.133. The lowest BCUT2D eigenvalue weighted by molar-refractivity contribution is 1.35. The first-order valence-corrected chi connectivity index (χ1v) is 7.61. The van der Waals surface area contributed by atoms with Crippen LogP contribution in [0.1, 0.15) is 16.7 Å². The van der Waals surface area contributed by atoms with Crippen LogP contribution in [0.4, 0.5) is 0 Å². The van der Waals surface area contributed by atoms with Crippen LogP contribution in [0.15, 0.2) is 42.5 Å². The van der Waals surface area contributed by atoms with Gasteiger partial charge in [-0.1, -0.05) is 41.4 Å². The Morgan fingerprint density at radius 1 is 0.947 bits per heavy atom. The van der Waals surface area contributed by atoms with E-state index in [0.717, 1.165) is 22.6 Å². The Bertz CT molecular complexity index is 620. The zero-order valence-electron chi connectivity index (χ0n) is 10.1. The summed E-state index contributed by atoms with van der Waals surface area (Å²) in [4.78, 5) is 0. The first kappa shape index (κ1) is 14.3. The lowest BCUT2D eigenvalue weighted by Gasteiger charge is -2.04. The third-order valence-corrected chi connectivity index (χ3v) is 4.39. The predicted octanol–water partition coefficient (Wildman–Crippen LogP) is 5.30. The predicted molar refractivity (Wildman–Crippen MR) is 82.6 cm³/mol. The molecule has 0 saturated heterocycles. The minimum atomic E-state index is 0.581. The molecule has 2 aromatic carbocycles. The maximum atomic E-state index is 8.84. The molecule has 19 heavy (non-hydrogen) atoms. The van der Waals surface area contributed by atoms with Gasteiger partial charge in [0.1, 0.15) is 0 Å². The summed E-state index contributed by atoms with van der Waals surface area (Å²) >= 11 is 13.6. The van der Waals surface area contributed by atoms with Gasteiger partial charge < -0.3 is 0 Å². The van der Waals surface area contributed by atoms with Gasteiger partial charge >= 0.3 is 0 Å². The minimum Gasteiger partial charge on any atom is -0.192 e. The molecule has 4 heteroatoms. The molecule has 2 rings (SSSR count). The lowest BCUT2D eigenvalue weighted by Crippen LogP contribution is -1.85. The minimum absolute atomic E-state index is 0.581. The molecule has 0 aromatic heterocycles. The van der Waals surface area contributed by atoms with Gasteiger partial charge in [-0.05, 0) is 35.4 Å². The second-order valence-electron chi connectivity index (χ2n) is 4.05. The molecule has 0 fully saturated rings. The maximum absolute atomic E-state index is 8.84. The zero-order chi connectivity index (χ0) is 13.7. The van der Waals surface area contributed by atoms with Crippen LogP contribution in [0, 0.1) is 11.3 Å². The highest BCUT2D eigenvalue weighted by molar-refractivity contribution is 7.97. The number of nitrogens with zero attached hydrogens (tertiary/aromatic N) is 1. The van der Waals surface area contributed by atoms with E-state index in [0.29, 0.717) is 15.6 Å². The highest BCUT2D eigenvalue weighted by atomic mass is 35.5. The van der Waals surface area contributed by atoms with Crippen molar-refractivity contribution in [1.29, 1.82) is 5.26 Å². The van der Waals surface area contributed by atoms with Gasteiger partial charge in [0.05, 0.1) is 21.7 Å². The van der Waals surface area contributed by atoms with Gasteiger partial charge in [-0.15, -0.1) is 0 Å². The molecular weight excluding hydrogens is 297 g/mol. The third-order valence-electron chi connectivity index (χ3n) is 2.58. The first-order valence-electron chi connectivity index (χ1n) is 5.70. The first-order chi connectivity index (χ1) is 9.19. The lowest BCUT2D eigenvalue weighted by atomic mass is 10.2. The highest BCUT2D eigenvalue weighted by Crippen LogP contribution is 2.25. The molecule has 0 unspecified atom stereocenters. The molecular formula is C15H11Cl2NS. The second-order valence-corrected chi connectivity index (χ2v) is 5.85. The molecule has 0 aliphatic rings. The van der Waals surface area contributed by atoms with Gasteiger partial charge in [0.2, 0.25) is 0 Å². The van der Waals surface area contributed by atoms with Crippen molar-refractivity contribution >= 4 is 35.0 Å². The van der Waals surface area contributed by atoms with Crippen molar-refractivity contribution < 1.29 is 0 Å². The van der Waals surface area contributed by atoms with E-state index in [4.69, 9.17) is 28.5 Å². The van der Waals surface area contributed by atoms with Gasteiger partial charge in [0.25, 0.3) is 0 Å². The van der Waals surface area contributed by atoms with E-state index in [-0.39, 0.29) is 0 Å². The van der Waals surface area contributed by atoms with Gasteiger partial charge in [-0.25, -0.2) is 0 Å². The quantitative estimate of drug-likeness (QED) is 0.765. The molecule has 1 nitrogen and oxygen atoms in total. The SMILES string of the molecule is N#Cc1cccc(CSCc2ccc(Cl)c(Cl)c2)c1. The fourth-order valence-corrected chi connectivity index (χ4v) is 2.90. The normalized spacial score (nSPS) is 10.2. The van der Waals surface area contributed by atoms with Crippen molar-refractivity contribution in [3.8, 4) is 6.07 Å². The summed E-state index contributed by atoms with van der Waals surface area (Å²) < 4.78 is 0. The zero-order valence-corrected chi connectivity index (χ0v) is 12.4. The molecule has 0 atom stereocenters. The summed E-state index contributed by atoms with van der Waals surface area (Å²) in [5.74, 6) is 1.74.